The van der Waals surface area contributed by atoms with Gasteiger partial charge in [0.1, 0.15) is 5.82 Å². The topological polar surface area (TPSA) is 25.8 Å². The van der Waals surface area contributed by atoms with Gasteiger partial charge in [0.15, 0.2) is 0 Å². The van der Waals surface area contributed by atoms with Crippen LogP contribution in [-0.2, 0) is 12.3 Å². The molecule has 66 valence electrons. The zero-order valence-corrected chi connectivity index (χ0v) is 8.23. The van der Waals surface area contributed by atoms with Crippen molar-refractivity contribution in [3.05, 3.63) is 23.3 Å². The molecule has 1 aromatic heterocycles. The number of rotatable bonds is 3. The molecule has 2 nitrogen and oxygen atoms in total. The highest BCUT2D eigenvalue weighted by Crippen LogP contribution is 2.04. The third-order valence-corrected chi connectivity index (χ3v) is 1.82. The Morgan fingerprint density at radius 3 is 2.75 bits per heavy atom. The molecule has 1 heterocycles. The molecule has 0 spiro atoms. The number of aromatic nitrogens is 2. The normalized spacial score (nSPS) is 10.2. The van der Waals surface area contributed by atoms with E-state index in [9.17, 15) is 0 Å². The Labute approximate surface area is 78.0 Å². The fourth-order valence-corrected chi connectivity index (χ4v) is 1.26. The van der Waals surface area contributed by atoms with E-state index in [1.807, 2.05) is 13.0 Å². The van der Waals surface area contributed by atoms with Crippen molar-refractivity contribution in [2.45, 2.75) is 32.6 Å². The van der Waals surface area contributed by atoms with Gasteiger partial charge < -0.3 is 0 Å². The summed E-state index contributed by atoms with van der Waals surface area (Å²) in [6.07, 6.45) is 2.12. The molecule has 0 fully saturated rings. The quantitative estimate of drug-likeness (QED) is 0.675. The zero-order chi connectivity index (χ0) is 8.97. The molecule has 0 radical (unpaired) electrons. The molecular formula is C9H13ClN2. The van der Waals surface area contributed by atoms with Crippen molar-refractivity contribution in [2.75, 3.05) is 0 Å². The van der Waals surface area contributed by atoms with Crippen molar-refractivity contribution in [3.63, 3.8) is 0 Å². The second-order valence-corrected chi connectivity index (χ2v) is 3.07. The van der Waals surface area contributed by atoms with E-state index in [1.54, 1.807) is 0 Å². The summed E-state index contributed by atoms with van der Waals surface area (Å²) in [6, 6.07) is 2.01. The van der Waals surface area contributed by atoms with Crippen LogP contribution in [0.3, 0.4) is 0 Å². The number of aryl methyl sites for hydroxylation is 2. The van der Waals surface area contributed by atoms with Crippen molar-refractivity contribution in [3.8, 4) is 0 Å². The molecule has 1 aromatic rings. The van der Waals surface area contributed by atoms with E-state index in [-0.39, 0.29) is 0 Å². The van der Waals surface area contributed by atoms with Crippen molar-refractivity contribution in [1.82, 2.24) is 9.97 Å². The lowest BCUT2D eigenvalue weighted by Gasteiger charge is -2.01. The minimum Gasteiger partial charge on any atom is -0.237 e. The van der Waals surface area contributed by atoms with Crippen LogP contribution in [0.2, 0.25) is 0 Å². The number of nitrogens with zero attached hydrogens (tertiary/aromatic N) is 2. The lowest BCUT2D eigenvalue weighted by Crippen LogP contribution is -1.99. The molecule has 0 aliphatic rings. The van der Waals surface area contributed by atoms with E-state index >= 15 is 0 Å². The van der Waals surface area contributed by atoms with Crippen LogP contribution in [0.1, 0.15) is 30.6 Å². The second kappa shape index (κ2) is 4.41. The maximum atomic E-state index is 5.65. The SMILES string of the molecule is CCCc1cc(C)nc(CCl)n1. The molecule has 0 bridgehead atoms. The smallest absolute Gasteiger partial charge is 0.143 e. The first kappa shape index (κ1) is 9.46. The van der Waals surface area contributed by atoms with Gasteiger partial charge in [-0.15, -0.1) is 11.6 Å². The Hall–Kier alpha value is -0.630. The lowest BCUT2D eigenvalue weighted by atomic mass is 10.2. The average molecular weight is 185 g/mol. The maximum absolute atomic E-state index is 5.65. The monoisotopic (exact) mass is 184 g/mol. The predicted molar refractivity (Wildman–Crippen MR) is 50.3 cm³/mol. The number of hydrogen-bond acceptors (Lipinski definition) is 2. The first-order valence-electron chi connectivity index (χ1n) is 4.15. The van der Waals surface area contributed by atoms with Crippen LogP contribution in [-0.4, -0.2) is 9.97 Å². The van der Waals surface area contributed by atoms with Crippen LogP contribution in [0.15, 0.2) is 6.07 Å². The molecule has 0 aromatic carbocycles. The molecule has 0 N–H and O–H groups in total. The summed E-state index contributed by atoms with van der Waals surface area (Å²) in [5.74, 6) is 1.14. The van der Waals surface area contributed by atoms with Gasteiger partial charge in [0.2, 0.25) is 0 Å². The summed E-state index contributed by atoms with van der Waals surface area (Å²) in [5.41, 5.74) is 2.10. The first-order valence-corrected chi connectivity index (χ1v) is 4.69. The van der Waals surface area contributed by atoms with Crippen LogP contribution >= 0.6 is 11.6 Å². The van der Waals surface area contributed by atoms with Crippen LogP contribution in [0.25, 0.3) is 0 Å². The molecule has 0 aliphatic heterocycles. The molecule has 0 saturated carbocycles. The third-order valence-electron chi connectivity index (χ3n) is 1.58. The first-order chi connectivity index (χ1) is 5.76. The summed E-state index contributed by atoms with van der Waals surface area (Å²) in [7, 11) is 0. The van der Waals surface area contributed by atoms with Crippen LogP contribution in [0.4, 0.5) is 0 Å². The fraction of sp³-hybridized carbons (Fsp3) is 0.556. The van der Waals surface area contributed by atoms with E-state index < -0.39 is 0 Å². The summed E-state index contributed by atoms with van der Waals surface area (Å²) >= 11 is 5.65. The molecule has 12 heavy (non-hydrogen) atoms. The highest BCUT2D eigenvalue weighted by atomic mass is 35.5. The number of alkyl halides is 1. The summed E-state index contributed by atoms with van der Waals surface area (Å²) in [5, 5.41) is 0. The van der Waals surface area contributed by atoms with Crippen molar-refractivity contribution < 1.29 is 0 Å². The molecule has 1 rings (SSSR count). The van der Waals surface area contributed by atoms with E-state index in [1.165, 1.54) is 0 Å². The molecule has 0 unspecified atom stereocenters. The minimum atomic E-state index is 0.401. The van der Waals surface area contributed by atoms with Gasteiger partial charge in [-0.1, -0.05) is 13.3 Å². The maximum Gasteiger partial charge on any atom is 0.143 e. The number of hydrogen-bond donors (Lipinski definition) is 0. The van der Waals surface area contributed by atoms with Gasteiger partial charge in [0.05, 0.1) is 5.88 Å². The van der Waals surface area contributed by atoms with Crippen molar-refractivity contribution in [2.24, 2.45) is 0 Å². The van der Waals surface area contributed by atoms with E-state index in [0.29, 0.717) is 5.88 Å². The van der Waals surface area contributed by atoms with Gasteiger partial charge in [0, 0.05) is 11.4 Å². The Bertz CT molecular complexity index is 261. The van der Waals surface area contributed by atoms with E-state index in [2.05, 4.69) is 16.9 Å². The lowest BCUT2D eigenvalue weighted by molar-refractivity contribution is 0.843. The molecule has 0 saturated heterocycles. The second-order valence-electron chi connectivity index (χ2n) is 2.80. The van der Waals surface area contributed by atoms with Crippen LogP contribution in [0, 0.1) is 6.92 Å². The summed E-state index contributed by atoms with van der Waals surface area (Å²) in [6.45, 7) is 4.11. The van der Waals surface area contributed by atoms with Gasteiger partial charge in [0.25, 0.3) is 0 Å². The van der Waals surface area contributed by atoms with Crippen LogP contribution < -0.4 is 0 Å². The summed E-state index contributed by atoms with van der Waals surface area (Å²) < 4.78 is 0. The number of halogens is 1. The molecule has 0 atom stereocenters. The Kier molecular flexibility index (Phi) is 3.48. The molecule has 0 amide bonds. The van der Waals surface area contributed by atoms with Crippen molar-refractivity contribution in [1.29, 1.82) is 0 Å². The van der Waals surface area contributed by atoms with Crippen LogP contribution in [0.5, 0.6) is 0 Å². The highest BCUT2D eigenvalue weighted by Gasteiger charge is 1.99. The van der Waals surface area contributed by atoms with Gasteiger partial charge in [-0.25, -0.2) is 9.97 Å². The average Bonchev–Trinajstić information content (AvgIpc) is 2.04. The Morgan fingerprint density at radius 2 is 2.17 bits per heavy atom. The fourth-order valence-electron chi connectivity index (χ4n) is 1.14. The van der Waals surface area contributed by atoms with Crippen molar-refractivity contribution >= 4 is 11.6 Å². The van der Waals surface area contributed by atoms with Gasteiger partial charge in [-0.05, 0) is 19.4 Å². The minimum absolute atomic E-state index is 0.401. The summed E-state index contributed by atoms with van der Waals surface area (Å²) in [4.78, 5) is 8.49. The molecule has 0 aliphatic carbocycles. The Balaban J connectivity index is 2.90. The zero-order valence-electron chi connectivity index (χ0n) is 7.47. The molecular weight excluding hydrogens is 172 g/mol. The molecule has 3 heteroatoms. The van der Waals surface area contributed by atoms with Gasteiger partial charge >= 0.3 is 0 Å². The Morgan fingerprint density at radius 1 is 1.42 bits per heavy atom. The van der Waals surface area contributed by atoms with Gasteiger partial charge in [-0.3, -0.25) is 0 Å². The van der Waals surface area contributed by atoms with Gasteiger partial charge in [-0.2, -0.15) is 0 Å². The largest absolute Gasteiger partial charge is 0.237 e. The van der Waals surface area contributed by atoms with E-state index in [4.69, 9.17) is 11.6 Å². The standard InChI is InChI=1S/C9H13ClN2/c1-3-4-8-5-7(2)11-9(6-10)12-8/h5H,3-4,6H2,1-2H3. The van der Waals surface area contributed by atoms with E-state index in [0.717, 1.165) is 30.1 Å². The predicted octanol–water partition coefficient (Wildman–Crippen LogP) is 2.48. The highest BCUT2D eigenvalue weighted by molar-refractivity contribution is 6.16. The third kappa shape index (κ3) is 2.45.